The van der Waals surface area contributed by atoms with E-state index in [4.69, 9.17) is 0 Å². The topological polar surface area (TPSA) is 0 Å². The summed E-state index contributed by atoms with van der Waals surface area (Å²) in [4.78, 5) is 0. The van der Waals surface area contributed by atoms with Crippen LogP contribution in [0.2, 0.25) is 0 Å². The zero-order valence-electron chi connectivity index (χ0n) is 32.6. The molecule has 0 heteroatoms. The van der Waals surface area contributed by atoms with Crippen LogP contribution in [0.25, 0.3) is 0 Å². The monoisotopic (exact) mass is 657 g/mol. The summed E-state index contributed by atoms with van der Waals surface area (Å²) in [5.74, 6) is 8.36. The van der Waals surface area contributed by atoms with Crippen LogP contribution in [0, 0.1) is 58.2 Å². The molecule has 4 aliphatic rings. The number of rotatable bonds is 5. The van der Waals surface area contributed by atoms with Gasteiger partial charge in [0.2, 0.25) is 0 Å². The predicted octanol–water partition coefficient (Wildman–Crippen LogP) is 13.8. The van der Waals surface area contributed by atoms with Crippen molar-refractivity contribution in [3.8, 4) is 0 Å². The van der Waals surface area contributed by atoms with Crippen molar-refractivity contribution in [3.05, 3.63) is 107 Å². The van der Waals surface area contributed by atoms with Crippen molar-refractivity contribution in [2.45, 2.75) is 137 Å². The maximum absolute atomic E-state index is 2.61. The Morgan fingerprint density at radius 1 is 0.490 bits per heavy atom. The van der Waals surface area contributed by atoms with Gasteiger partial charge in [-0.2, -0.15) is 0 Å². The summed E-state index contributed by atoms with van der Waals surface area (Å²) in [5, 5.41) is 0. The number of fused-ring (bicyclic) bond motifs is 3. The Kier molecular flexibility index (Phi) is 9.54. The third-order valence-electron chi connectivity index (χ3n) is 14.9. The van der Waals surface area contributed by atoms with Crippen molar-refractivity contribution in [2.24, 2.45) is 58.2 Å². The number of benzene rings is 3. The fourth-order valence-electron chi connectivity index (χ4n) is 12.6. The van der Waals surface area contributed by atoms with E-state index in [-0.39, 0.29) is 5.41 Å². The molecule has 0 saturated heterocycles. The first-order valence-corrected chi connectivity index (χ1v) is 20.4. The van der Waals surface area contributed by atoms with E-state index < -0.39 is 0 Å². The van der Waals surface area contributed by atoms with Crippen LogP contribution in [0.15, 0.2) is 84.9 Å². The van der Waals surface area contributed by atoms with Crippen LogP contribution >= 0.6 is 0 Å². The zero-order valence-corrected chi connectivity index (χ0v) is 32.6. The zero-order chi connectivity index (χ0) is 34.7. The molecule has 0 amide bonds. The Bertz CT molecular complexity index is 1420. The van der Waals surface area contributed by atoms with E-state index in [0.717, 1.165) is 47.3 Å². The molecule has 3 aromatic rings. The van der Waals surface area contributed by atoms with E-state index in [1.807, 2.05) is 0 Å². The molecule has 0 aliphatic heterocycles. The van der Waals surface area contributed by atoms with E-state index >= 15 is 0 Å². The third-order valence-corrected chi connectivity index (χ3v) is 14.9. The van der Waals surface area contributed by atoms with Crippen molar-refractivity contribution < 1.29 is 0 Å². The highest BCUT2D eigenvalue weighted by molar-refractivity contribution is 5.33. The fraction of sp³-hybridized carbons (Fsp3) is 0.633. The van der Waals surface area contributed by atoms with Crippen molar-refractivity contribution in [3.63, 3.8) is 0 Å². The first-order chi connectivity index (χ1) is 23.2. The molecule has 0 nitrogen and oxygen atoms in total. The normalized spacial score (nSPS) is 33.2. The molecule has 49 heavy (non-hydrogen) atoms. The third kappa shape index (κ3) is 6.86. The van der Waals surface area contributed by atoms with Gasteiger partial charge in [-0.1, -0.05) is 160 Å². The molecule has 4 saturated carbocycles. The summed E-state index contributed by atoms with van der Waals surface area (Å²) in [7, 11) is 0. The maximum atomic E-state index is 2.61. The molecule has 0 N–H and O–H groups in total. The van der Waals surface area contributed by atoms with Crippen molar-refractivity contribution in [1.29, 1.82) is 0 Å². The van der Waals surface area contributed by atoms with Gasteiger partial charge in [-0.15, -0.1) is 0 Å². The molecule has 9 atom stereocenters. The minimum Gasteiger partial charge on any atom is -0.0622 e. The molecular weight excluding hydrogens is 589 g/mol. The molecule has 0 radical (unpaired) electrons. The van der Waals surface area contributed by atoms with Gasteiger partial charge in [-0.3, -0.25) is 0 Å². The van der Waals surface area contributed by atoms with Crippen LogP contribution in [0.5, 0.6) is 0 Å². The van der Waals surface area contributed by atoms with Gasteiger partial charge in [-0.25, -0.2) is 0 Å². The smallest absolute Gasteiger partial charge is 0.00998 e. The Labute approximate surface area is 301 Å². The van der Waals surface area contributed by atoms with Gasteiger partial charge >= 0.3 is 0 Å². The van der Waals surface area contributed by atoms with E-state index in [1.165, 1.54) is 56.9 Å². The van der Waals surface area contributed by atoms with E-state index in [0.29, 0.717) is 28.6 Å². The van der Waals surface area contributed by atoms with Crippen LogP contribution in [-0.4, -0.2) is 0 Å². The predicted molar refractivity (Wildman–Crippen MR) is 210 cm³/mol. The lowest BCUT2D eigenvalue weighted by Gasteiger charge is -2.49. The molecule has 0 bridgehead atoms. The van der Waals surface area contributed by atoms with Crippen molar-refractivity contribution >= 4 is 0 Å². The second-order valence-corrected chi connectivity index (χ2v) is 20.6. The number of hydrogen-bond donors (Lipinski definition) is 0. The molecule has 264 valence electrons. The lowest BCUT2D eigenvalue weighted by Crippen LogP contribution is -2.40. The lowest BCUT2D eigenvalue weighted by molar-refractivity contribution is 0.0336. The highest BCUT2D eigenvalue weighted by Crippen LogP contribution is 2.69. The van der Waals surface area contributed by atoms with Gasteiger partial charge in [0, 0.05) is 0 Å². The molecule has 9 unspecified atom stereocenters. The van der Waals surface area contributed by atoms with Crippen LogP contribution < -0.4 is 0 Å². The minimum absolute atomic E-state index is 0.188. The first-order valence-electron chi connectivity index (χ1n) is 20.4. The summed E-state index contributed by atoms with van der Waals surface area (Å²) >= 11 is 0. The Morgan fingerprint density at radius 3 is 1.31 bits per heavy atom. The van der Waals surface area contributed by atoms with Gasteiger partial charge in [0.1, 0.15) is 0 Å². The highest BCUT2D eigenvalue weighted by atomic mass is 14.7. The van der Waals surface area contributed by atoms with Gasteiger partial charge in [-0.05, 0) is 142 Å². The number of hydrogen-bond acceptors (Lipinski definition) is 0. The maximum Gasteiger partial charge on any atom is -0.00998 e. The molecule has 4 aliphatic carbocycles. The van der Waals surface area contributed by atoms with Crippen LogP contribution in [0.3, 0.4) is 0 Å². The largest absolute Gasteiger partial charge is 0.0622 e. The molecular formula is C49H68. The Morgan fingerprint density at radius 2 is 0.918 bits per heavy atom. The Hall–Kier alpha value is -2.34. The second kappa shape index (κ2) is 13.3. The molecule has 4 fully saturated rings. The van der Waals surface area contributed by atoms with E-state index in [9.17, 15) is 0 Å². The van der Waals surface area contributed by atoms with Gasteiger partial charge in [0.15, 0.2) is 0 Å². The molecule has 0 aromatic heterocycles. The van der Waals surface area contributed by atoms with Crippen molar-refractivity contribution in [1.82, 2.24) is 0 Å². The van der Waals surface area contributed by atoms with Gasteiger partial charge < -0.3 is 0 Å². The summed E-state index contributed by atoms with van der Waals surface area (Å²) < 4.78 is 0. The summed E-state index contributed by atoms with van der Waals surface area (Å²) in [5.41, 5.74) is 7.16. The van der Waals surface area contributed by atoms with Gasteiger partial charge in [0.05, 0.1) is 0 Å². The molecule has 3 aromatic carbocycles. The SMILES string of the molecule is CC(C)(C)c1ccc(C(C2CCCC2)C2C3CC(c4ccccc4)C(C(C)(C)C)CC3C3CC(C(C)(C)C)C(c4ccccc4)CC32)cc1. The van der Waals surface area contributed by atoms with Gasteiger partial charge in [0.25, 0.3) is 0 Å². The fourth-order valence-corrected chi connectivity index (χ4v) is 12.6. The average molecular weight is 657 g/mol. The summed E-state index contributed by atoms with van der Waals surface area (Å²) in [6.07, 6.45) is 11.3. The Balaban J connectivity index is 1.37. The molecule has 0 spiro atoms. The van der Waals surface area contributed by atoms with Crippen LogP contribution in [0.4, 0.5) is 0 Å². The van der Waals surface area contributed by atoms with E-state index in [2.05, 4.69) is 147 Å². The molecule has 7 rings (SSSR count). The molecule has 0 heterocycles. The first kappa shape index (κ1) is 35.1. The van der Waals surface area contributed by atoms with Crippen LogP contribution in [-0.2, 0) is 5.41 Å². The van der Waals surface area contributed by atoms with Crippen LogP contribution in [0.1, 0.15) is 154 Å². The average Bonchev–Trinajstić information content (AvgIpc) is 3.70. The second-order valence-electron chi connectivity index (χ2n) is 20.6. The quantitative estimate of drug-likeness (QED) is 0.256. The van der Waals surface area contributed by atoms with E-state index in [1.54, 1.807) is 16.7 Å². The lowest BCUT2D eigenvalue weighted by atomic mass is 9.55. The minimum atomic E-state index is 0.188. The van der Waals surface area contributed by atoms with Crippen molar-refractivity contribution in [2.75, 3.05) is 0 Å². The highest BCUT2D eigenvalue weighted by Gasteiger charge is 2.61. The summed E-state index contributed by atoms with van der Waals surface area (Å²) in [6.45, 7) is 22.5. The standard InChI is InChI=1S/C49H68/c1-47(2,3)36-26-24-35(25-27-36)45(34-22-16-17-23-34)46-41-28-37(32-18-12-10-13-19-32)43(48(4,5)6)30-39(41)40-31-44(49(7,8)9)38(29-42(40)46)33-20-14-11-15-21-33/h10-15,18-21,24-27,34,37-46H,16-17,22-23,28-31H2,1-9H3. The summed E-state index contributed by atoms with van der Waals surface area (Å²) in [6, 6.07) is 33.8.